The molecular weight excluding hydrogens is 160 g/mol. The highest BCUT2D eigenvalue weighted by atomic mass is 15.2. The van der Waals surface area contributed by atoms with Gasteiger partial charge in [-0.3, -0.25) is 4.90 Å². The van der Waals surface area contributed by atoms with Crippen LogP contribution in [0, 0.1) is 5.92 Å². The van der Waals surface area contributed by atoms with Crippen LogP contribution < -0.4 is 5.32 Å². The Morgan fingerprint density at radius 3 is 2.54 bits per heavy atom. The van der Waals surface area contributed by atoms with E-state index in [1.807, 2.05) is 0 Å². The maximum atomic E-state index is 3.58. The number of nitrogens with one attached hydrogen (secondary N) is 1. The van der Waals surface area contributed by atoms with Gasteiger partial charge in [-0.25, -0.2) is 0 Å². The molecular formula is C11H24N2. The molecule has 0 aromatic heterocycles. The van der Waals surface area contributed by atoms with E-state index in [0.29, 0.717) is 6.04 Å². The molecule has 1 aliphatic heterocycles. The van der Waals surface area contributed by atoms with Gasteiger partial charge in [-0.05, 0) is 39.3 Å². The molecule has 1 aliphatic rings. The summed E-state index contributed by atoms with van der Waals surface area (Å²) in [5, 5.41) is 3.58. The van der Waals surface area contributed by atoms with Gasteiger partial charge >= 0.3 is 0 Å². The minimum Gasteiger partial charge on any atom is -0.312 e. The van der Waals surface area contributed by atoms with E-state index in [9.17, 15) is 0 Å². The Morgan fingerprint density at radius 1 is 1.46 bits per heavy atom. The molecule has 13 heavy (non-hydrogen) atoms. The van der Waals surface area contributed by atoms with Crippen LogP contribution in [0.3, 0.4) is 0 Å². The highest BCUT2D eigenvalue weighted by Crippen LogP contribution is 2.16. The van der Waals surface area contributed by atoms with Crippen molar-refractivity contribution in [2.24, 2.45) is 5.92 Å². The number of likely N-dealkylation sites (N-methyl/N-ethyl adjacent to an activating group) is 1. The van der Waals surface area contributed by atoms with Crippen molar-refractivity contribution in [3.05, 3.63) is 0 Å². The summed E-state index contributed by atoms with van der Waals surface area (Å²) in [7, 11) is 0. The van der Waals surface area contributed by atoms with Crippen LogP contribution >= 0.6 is 0 Å². The summed E-state index contributed by atoms with van der Waals surface area (Å²) >= 11 is 0. The van der Waals surface area contributed by atoms with Crippen LogP contribution in [0.1, 0.15) is 34.1 Å². The van der Waals surface area contributed by atoms with Crippen molar-refractivity contribution in [1.82, 2.24) is 10.2 Å². The van der Waals surface area contributed by atoms with E-state index in [-0.39, 0.29) is 0 Å². The third-order valence-electron chi connectivity index (χ3n) is 3.26. The lowest BCUT2D eigenvalue weighted by molar-refractivity contribution is 0.201. The van der Waals surface area contributed by atoms with Crippen LogP contribution in [0.15, 0.2) is 0 Å². The van der Waals surface area contributed by atoms with E-state index in [1.165, 1.54) is 26.1 Å². The van der Waals surface area contributed by atoms with Gasteiger partial charge in [-0.1, -0.05) is 13.8 Å². The van der Waals surface area contributed by atoms with Crippen molar-refractivity contribution in [3.63, 3.8) is 0 Å². The van der Waals surface area contributed by atoms with Crippen LogP contribution in [-0.4, -0.2) is 36.6 Å². The molecule has 0 aromatic carbocycles. The van der Waals surface area contributed by atoms with Gasteiger partial charge in [0.25, 0.3) is 0 Å². The molecule has 0 aromatic rings. The summed E-state index contributed by atoms with van der Waals surface area (Å²) in [6, 6.07) is 1.40. The van der Waals surface area contributed by atoms with Crippen molar-refractivity contribution in [3.8, 4) is 0 Å². The molecule has 1 saturated heterocycles. The van der Waals surface area contributed by atoms with Gasteiger partial charge in [-0.2, -0.15) is 0 Å². The molecule has 2 atom stereocenters. The van der Waals surface area contributed by atoms with Gasteiger partial charge in [0.1, 0.15) is 0 Å². The van der Waals surface area contributed by atoms with Crippen molar-refractivity contribution in [1.29, 1.82) is 0 Å². The molecule has 0 spiro atoms. The van der Waals surface area contributed by atoms with Crippen molar-refractivity contribution < 1.29 is 0 Å². The summed E-state index contributed by atoms with van der Waals surface area (Å²) in [6.07, 6.45) is 1.35. The first-order chi connectivity index (χ1) is 6.15. The fraction of sp³-hybridized carbons (Fsp3) is 1.00. The number of hydrogen-bond acceptors (Lipinski definition) is 2. The molecule has 2 unspecified atom stereocenters. The first kappa shape index (κ1) is 11.0. The smallest absolute Gasteiger partial charge is 0.0221 e. The minimum atomic E-state index is 0.680. The zero-order chi connectivity index (χ0) is 9.84. The zero-order valence-corrected chi connectivity index (χ0v) is 9.51. The molecule has 0 radical (unpaired) electrons. The number of rotatable bonds is 4. The average molecular weight is 184 g/mol. The van der Waals surface area contributed by atoms with Crippen LogP contribution in [0.5, 0.6) is 0 Å². The van der Waals surface area contributed by atoms with Crippen LogP contribution in [0.25, 0.3) is 0 Å². The molecule has 0 saturated carbocycles. The van der Waals surface area contributed by atoms with Crippen molar-refractivity contribution in [2.45, 2.75) is 46.2 Å². The lowest BCUT2D eigenvalue weighted by Gasteiger charge is -2.29. The van der Waals surface area contributed by atoms with Crippen LogP contribution in [0.4, 0.5) is 0 Å². The molecule has 1 N–H and O–H groups in total. The van der Waals surface area contributed by atoms with Crippen molar-refractivity contribution in [2.75, 3.05) is 19.6 Å². The minimum absolute atomic E-state index is 0.680. The summed E-state index contributed by atoms with van der Waals surface area (Å²) in [6.45, 7) is 12.8. The van der Waals surface area contributed by atoms with Gasteiger partial charge in [0.2, 0.25) is 0 Å². The van der Waals surface area contributed by atoms with Gasteiger partial charge in [0.05, 0.1) is 0 Å². The van der Waals surface area contributed by atoms with Gasteiger partial charge in [-0.15, -0.1) is 0 Å². The topological polar surface area (TPSA) is 15.3 Å². The summed E-state index contributed by atoms with van der Waals surface area (Å²) in [5.41, 5.74) is 0. The molecule has 0 bridgehead atoms. The fourth-order valence-electron chi connectivity index (χ4n) is 2.10. The largest absolute Gasteiger partial charge is 0.312 e. The van der Waals surface area contributed by atoms with Crippen LogP contribution in [0.2, 0.25) is 0 Å². The molecule has 0 amide bonds. The summed E-state index contributed by atoms with van der Waals surface area (Å²) < 4.78 is 0. The second-order valence-corrected chi connectivity index (χ2v) is 4.51. The maximum absolute atomic E-state index is 3.58. The zero-order valence-electron chi connectivity index (χ0n) is 9.51. The third-order valence-corrected chi connectivity index (χ3v) is 3.26. The molecule has 2 heteroatoms. The van der Waals surface area contributed by atoms with Gasteiger partial charge in [0.15, 0.2) is 0 Å². The van der Waals surface area contributed by atoms with Crippen molar-refractivity contribution >= 4 is 0 Å². The van der Waals surface area contributed by atoms with E-state index in [0.717, 1.165) is 12.0 Å². The van der Waals surface area contributed by atoms with E-state index >= 15 is 0 Å². The predicted molar refractivity (Wildman–Crippen MR) is 58.0 cm³/mol. The van der Waals surface area contributed by atoms with E-state index in [2.05, 4.69) is 37.9 Å². The van der Waals surface area contributed by atoms with E-state index in [4.69, 9.17) is 0 Å². The number of hydrogen-bond donors (Lipinski definition) is 1. The van der Waals surface area contributed by atoms with E-state index < -0.39 is 0 Å². The highest BCUT2D eigenvalue weighted by molar-refractivity contribution is 4.84. The van der Waals surface area contributed by atoms with Gasteiger partial charge < -0.3 is 5.32 Å². The Hall–Kier alpha value is -0.0800. The normalized spacial score (nSPS) is 29.1. The average Bonchev–Trinajstić information content (AvgIpc) is 2.46. The molecule has 1 rings (SSSR count). The first-order valence-electron chi connectivity index (χ1n) is 5.62. The molecule has 1 fully saturated rings. The maximum Gasteiger partial charge on any atom is 0.0221 e. The molecule has 78 valence electrons. The van der Waals surface area contributed by atoms with Gasteiger partial charge in [0, 0.05) is 18.6 Å². The second kappa shape index (κ2) is 4.97. The third kappa shape index (κ3) is 2.96. The summed E-state index contributed by atoms with van der Waals surface area (Å²) in [4.78, 5) is 2.54. The lowest BCUT2D eigenvalue weighted by Crippen LogP contribution is -2.43. The molecule has 1 heterocycles. The monoisotopic (exact) mass is 184 g/mol. The predicted octanol–water partition coefficient (Wildman–Crippen LogP) is 1.71. The second-order valence-electron chi connectivity index (χ2n) is 4.51. The SMILES string of the molecule is CCN(CC1NCCC1C)C(C)C. The Morgan fingerprint density at radius 2 is 2.15 bits per heavy atom. The van der Waals surface area contributed by atoms with E-state index in [1.54, 1.807) is 0 Å². The Labute approximate surface area is 82.7 Å². The highest BCUT2D eigenvalue weighted by Gasteiger charge is 2.24. The quantitative estimate of drug-likeness (QED) is 0.715. The lowest BCUT2D eigenvalue weighted by atomic mass is 10.0. The Kier molecular flexibility index (Phi) is 4.20. The fourth-order valence-corrected chi connectivity index (χ4v) is 2.10. The summed E-state index contributed by atoms with van der Waals surface area (Å²) in [5.74, 6) is 0.854. The standard InChI is InChI=1S/C11H24N2/c1-5-13(9(2)3)8-11-10(4)6-7-12-11/h9-12H,5-8H2,1-4H3. The molecule has 2 nitrogen and oxygen atoms in total. The van der Waals surface area contributed by atoms with Crippen LogP contribution in [-0.2, 0) is 0 Å². The Bertz CT molecular complexity index is 145. The molecule has 0 aliphatic carbocycles. The Balaban J connectivity index is 2.36. The number of nitrogens with zero attached hydrogens (tertiary/aromatic N) is 1. The first-order valence-corrected chi connectivity index (χ1v) is 5.62.